The van der Waals surface area contributed by atoms with Crippen molar-refractivity contribution < 1.29 is 23.1 Å². The molecule has 0 saturated heterocycles. The molecule has 4 nitrogen and oxygen atoms in total. The summed E-state index contributed by atoms with van der Waals surface area (Å²) in [4.78, 5) is 25.7. The fraction of sp³-hybridized carbons (Fsp3) is 0.688. The van der Waals surface area contributed by atoms with Crippen LogP contribution < -0.4 is 5.73 Å². The second-order valence-electron chi connectivity index (χ2n) is 13.7. The van der Waals surface area contributed by atoms with E-state index < -0.39 is 18.4 Å². The van der Waals surface area contributed by atoms with E-state index in [2.05, 4.69) is 46.8 Å². The Morgan fingerprint density at radius 1 is 1.08 bits per heavy atom. The first-order valence-electron chi connectivity index (χ1n) is 14.3. The molecule has 0 aliphatic heterocycles. The Morgan fingerprint density at radius 2 is 1.76 bits per heavy atom. The maximum absolute atomic E-state index is 13.1. The van der Waals surface area contributed by atoms with Gasteiger partial charge in [-0.05, 0) is 97.7 Å². The van der Waals surface area contributed by atoms with Crippen LogP contribution in [0.4, 0.5) is 8.78 Å². The van der Waals surface area contributed by atoms with Gasteiger partial charge in [0.1, 0.15) is 6.61 Å². The van der Waals surface area contributed by atoms with E-state index in [1.54, 1.807) is 13.0 Å². The van der Waals surface area contributed by atoms with Crippen molar-refractivity contribution in [3.63, 3.8) is 0 Å². The second-order valence-corrected chi connectivity index (χ2v) is 13.7. The molecule has 5 aliphatic rings. The average Bonchev–Trinajstić information content (AvgIpc) is 2.85. The highest BCUT2D eigenvalue weighted by Crippen LogP contribution is 2.76. The van der Waals surface area contributed by atoms with E-state index in [-0.39, 0.29) is 39.1 Å². The minimum Gasteiger partial charge on any atom is -0.483 e. The number of ether oxygens (including phenoxy) is 1. The topological polar surface area (TPSA) is 69.4 Å². The molecule has 38 heavy (non-hydrogen) atoms. The first-order valence-corrected chi connectivity index (χ1v) is 14.3. The first-order chi connectivity index (χ1) is 17.7. The number of rotatable bonds is 5. The summed E-state index contributed by atoms with van der Waals surface area (Å²) in [5.41, 5.74) is 9.23. The van der Waals surface area contributed by atoms with Gasteiger partial charge in [-0.2, -0.15) is 0 Å². The number of amides is 1. The fourth-order valence-corrected chi connectivity index (χ4v) is 9.57. The highest BCUT2D eigenvalue weighted by Gasteiger charge is 2.68. The van der Waals surface area contributed by atoms with Crippen LogP contribution in [0.15, 0.2) is 46.3 Å². The monoisotopic (exact) mass is 527 g/mol. The van der Waals surface area contributed by atoms with Gasteiger partial charge in [-0.25, -0.2) is 8.78 Å². The molecule has 3 saturated carbocycles. The number of hydrogen-bond donors (Lipinski definition) is 1. The third kappa shape index (κ3) is 3.50. The van der Waals surface area contributed by atoms with Crippen molar-refractivity contribution in [2.45, 2.75) is 99.3 Å². The molecular weight excluding hydrogens is 484 g/mol. The lowest BCUT2D eigenvalue weighted by Gasteiger charge is -2.71. The largest absolute Gasteiger partial charge is 0.483 e. The van der Waals surface area contributed by atoms with Crippen LogP contribution in [0.5, 0.6) is 0 Å². The molecule has 5 aliphatic carbocycles. The third-order valence-electron chi connectivity index (χ3n) is 12.1. The molecule has 1 amide bonds. The highest BCUT2D eigenvalue weighted by atomic mass is 19.3. The van der Waals surface area contributed by atoms with Crippen molar-refractivity contribution >= 4 is 11.7 Å². The van der Waals surface area contributed by atoms with E-state index in [0.717, 1.165) is 62.5 Å². The number of fused-ring (bicyclic) bond motifs is 7. The molecule has 208 valence electrons. The lowest BCUT2D eigenvalue weighted by molar-refractivity contribution is -0.176. The van der Waals surface area contributed by atoms with Gasteiger partial charge in [0, 0.05) is 16.4 Å². The molecule has 0 spiro atoms. The number of carbonyl (C=O) groups is 2. The van der Waals surface area contributed by atoms with Gasteiger partial charge < -0.3 is 10.5 Å². The van der Waals surface area contributed by atoms with Crippen molar-refractivity contribution in [2.24, 2.45) is 38.7 Å². The summed E-state index contributed by atoms with van der Waals surface area (Å²) in [6.07, 6.45) is 11.2. The number of ketones is 1. The lowest BCUT2D eigenvalue weighted by atomic mass is 9.33. The minimum atomic E-state index is -2.63. The van der Waals surface area contributed by atoms with E-state index in [9.17, 15) is 18.4 Å². The van der Waals surface area contributed by atoms with Gasteiger partial charge in [-0.3, -0.25) is 9.59 Å². The molecule has 2 N–H and O–H groups in total. The fourth-order valence-electron chi connectivity index (χ4n) is 9.57. The summed E-state index contributed by atoms with van der Waals surface area (Å²) in [6, 6.07) is 0. The van der Waals surface area contributed by atoms with E-state index in [1.807, 2.05) is 0 Å². The van der Waals surface area contributed by atoms with Crippen LogP contribution in [0.1, 0.15) is 92.9 Å². The Labute approximate surface area is 225 Å². The smallest absolute Gasteiger partial charge is 0.272 e. The quantitative estimate of drug-likeness (QED) is 0.411. The zero-order valence-corrected chi connectivity index (χ0v) is 23.8. The van der Waals surface area contributed by atoms with Crippen LogP contribution in [0.3, 0.4) is 0 Å². The second kappa shape index (κ2) is 8.63. The summed E-state index contributed by atoms with van der Waals surface area (Å²) < 4.78 is 31.0. The summed E-state index contributed by atoms with van der Waals surface area (Å²) in [6.45, 7) is 12.5. The van der Waals surface area contributed by atoms with Crippen molar-refractivity contribution in [3.8, 4) is 0 Å². The molecule has 0 aromatic rings. The molecule has 0 aromatic heterocycles. The molecule has 0 heterocycles. The third-order valence-corrected chi connectivity index (χ3v) is 12.1. The molecule has 0 aromatic carbocycles. The van der Waals surface area contributed by atoms with Gasteiger partial charge >= 0.3 is 0 Å². The summed E-state index contributed by atoms with van der Waals surface area (Å²) >= 11 is 0. The summed E-state index contributed by atoms with van der Waals surface area (Å²) in [7, 11) is 0. The predicted octanol–water partition coefficient (Wildman–Crippen LogP) is 7.21. The number of carbonyl (C=O) groups excluding carboxylic acids is 2. The Bertz CT molecular complexity index is 1210. The molecule has 6 heteroatoms. The minimum absolute atomic E-state index is 0.0312. The van der Waals surface area contributed by atoms with Gasteiger partial charge in [-0.15, -0.1) is 0 Å². The van der Waals surface area contributed by atoms with Gasteiger partial charge in [-0.1, -0.05) is 52.3 Å². The van der Waals surface area contributed by atoms with E-state index in [4.69, 9.17) is 10.5 Å². The number of nitrogens with two attached hydrogens (primary N) is 1. The Balaban J connectivity index is 1.61. The van der Waals surface area contributed by atoms with Gasteiger partial charge in [0.15, 0.2) is 5.76 Å². The Hall–Kier alpha value is -2.24. The normalized spacial score (nSPS) is 42.3. The van der Waals surface area contributed by atoms with Gasteiger partial charge in [0.25, 0.3) is 6.43 Å². The van der Waals surface area contributed by atoms with Crippen LogP contribution in [0.25, 0.3) is 0 Å². The first kappa shape index (κ1) is 27.3. The molecule has 6 atom stereocenters. The maximum atomic E-state index is 13.1. The predicted molar refractivity (Wildman–Crippen MR) is 144 cm³/mol. The molecule has 0 unspecified atom stereocenters. The molecule has 5 rings (SSSR count). The maximum Gasteiger partial charge on any atom is 0.272 e. The highest BCUT2D eigenvalue weighted by molar-refractivity contribution is 6.07. The number of halogens is 2. The van der Waals surface area contributed by atoms with E-state index in [1.165, 1.54) is 5.57 Å². The Kier molecular flexibility index (Phi) is 6.21. The summed E-state index contributed by atoms with van der Waals surface area (Å²) in [5, 5.41) is 0. The standard InChI is InChI=1S/C32H43F2NO3/c1-7-32-15-13-30(5)21-16-22(36)26(38-18-25(33)34)19(2)20(21)8-9-23(30)31(32,6)14-12-28(3)10-11-29(4,27(35)37)17-24(28)32/h8-9,16,24-25H,7,10-15,17-18H2,1-6H3,(H2,35,37)/t24-,28-,29-,30+,31-,32+/m1/s1. The lowest BCUT2D eigenvalue weighted by Crippen LogP contribution is -2.63. The van der Waals surface area contributed by atoms with Crippen molar-refractivity contribution in [1.82, 2.24) is 0 Å². The van der Waals surface area contributed by atoms with Gasteiger partial charge in [0.05, 0.1) is 0 Å². The number of alkyl halides is 2. The number of allylic oxidation sites excluding steroid dienone is 7. The van der Waals surface area contributed by atoms with Crippen LogP contribution >= 0.6 is 0 Å². The van der Waals surface area contributed by atoms with E-state index in [0.29, 0.717) is 11.5 Å². The van der Waals surface area contributed by atoms with E-state index >= 15 is 0 Å². The SMILES string of the molecule is CC[C@@]12CC[C@@]3(C)C4=CC(=O)C(OCC(F)F)=C(C)C4=CC=C3[C@@]1(C)CC[C@@]1(C)CC[C@@](C)(C(N)=O)C[C@H]12. The zero-order chi connectivity index (χ0) is 27.9. The van der Waals surface area contributed by atoms with Crippen LogP contribution in [-0.4, -0.2) is 24.7 Å². The number of hydrogen-bond acceptors (Lipinski definition) is 3. The molecule has 3 fully saturated rings. The molecule has 0 bridgehead atoms. The average molecular weight is 528 g/mol. The van der Waals surface area contributed by atoms with Crippen LogP contribution in [0.2, 0.25) is 0 Å². The summed E-state index contributed by atoms with van der Waals surface area (Å²) in [5.74, 6) is -0.0806. The number of primary amides is 1. The Morgan fingerprint density at radius 3 is 2.39 bits per heavy atom. The zero-order valence-electron chi connectivity index (χ0n) is 23.8. The van der Waals surface area contributed by atoms with Crippen molar-refractivity contribution in [1.29, 1.82) is 0 Å². The van der Waals surface area contributed by atoms with Crippen LogP contribution in [-0.2, 0) is 14.3 Å². The van der Waals surface area contributed by atoms with Crippen molar-refractivity contribution in [2.75, 3.05) is 6.61 Å². The van der Waals surface area contributed by atoms with Crippen LogP contribution in [0, 0.1) is 33.0 Å². The van der Waals surface area contributed by atoms with Gasteiger partial charge in [0.2, 0.25) is 11.7 Å². The van der Waals surface area contributed by atoms with Crippen molar-refractivity contribution in [3.05, 3.63) is 46.3 Å². The molecular formula is C32H43F2NO3. The molecule has 0 radical (unpaired) electrons.